The van der Waals surface area contributed by atoms with Crippen molar-refractivity contribution < 1.29 is 8.42 Å². The van der Waals surface area contributed by atoms with Crippen LogP contribution in [0.25, 0.3) is 0 Å². The molecule has 0 radical (unpaired) electrons. The molecule has 0 atom stereocenters. The summed E-state index contributed by atoms with van der Waals surface area (Å²) in [5.41, 5.74) is 4.47. The third-order valence-corrected chi connectivity index (χ3v) is 6.94. The number of fused-ring (bicyclic) bond motifs is 1. The lowest BCUT2D eigenvalue weighted by Gasteiger charge is -2.21. The predicted octanol–water partition coefficient (Wildman–Crippen LogP) is 2.07. The van der Waals surface area contributed by atoms with Crippen molar-refractivity contribution in [1.82, 2.24) is 14.5 Å². The minimum atomic E-state index is -3.37. The first-order chi connectivity index (χ1) is 11.6. The molecule has 2 aliphatic rings. The lowest BCUT2D eigenvalue weighted by molar-refractivity contribution is 0.477. The van der Waals surface area contributed by atoms with E-state index in [9.17, 15) is 8.42 Å². The van der Waals surface area contributed by atoms with Crippen molar-refractivity contribution in [2.45, 2.75) is 37.6 Å². The summed E-state index contributed by atoms with van der Waals surface area (Å²) in [6, 6.07) is 5.59. The first-order valence-electron chi connectivity index (χ1n) is 8.42. The van der Waals surface area contributed by atoms with Crippen LogP contribution in [-0.4, -0.2) is 42.6 Å². The molecule has 0 amide bonds. The summed E-state index contributed by atoms with van der Waals surface area (Å²) >= 11 is 0. The molecule has 6 nitrogen and oxygen atoms in total. The van der Waals surface area contributed by atoms with Gasteiger partial charge in [0.25, 0.3) is 0 Å². The standard InChI is InChI=1S/C17H22N4O2S/c1-13-15(11-18-19-13)12-20-9-6-14-4-5-16(10-17(14)20)24(22,23)21-7-2-3-8-21/h4-5,10-11H,2-3,6-9,12H2,1H3,(H,18,19). The Bertz CT molecular complexity index is 853. The third kappa shape index (κ3) is 2.61. The maximum Gasteiger partial charge on any atom is 0.243 e. The fourth-order valence-corrected chi connectivity index (χ4v) is 5.11. The minimum absolute atomic E-state index is 0.416. The van der Waals surface area contributed by atoms with E-state index >= 15 is 0 Å². The van der Waals surface area contributed by atoms with Crippen molar-refractivity contribution in [3.8, 4) is 0 Å². The molecule has 0 spiro atoms. The Balaban J connectivity index is 1.65. The van der Waals surface area contributed by atoms with Gasteiger partial charge in [0.1, 0.15) is 0 Å². The second-order valence-electron chi connectivity index (χ2n) is 6.59. The van der Waals surface area contributed by atoms with Crippen molar-refractivity contribution in [2.24, 2.45) is 0 Å². The molecular weight excluding hydrogens is 324 g/mol. The molecule has 1 aromatic carbocycles. The SMILES string of the molecule is Cc1[nH]ncc1CN1CCc2ccc(S(=O)(=O)N3CCCC3)cc21. The Morgan fingerprint density at radius 1 is 1.21 bits per heavy atom. The second kappa shape index (κ2) is 5.89. The van der Waals surface area contributed by atoms with Gasteiger partial charge in [0, 0.05) is 43.1 Å². The molecule has 24 heavy (non-hydrogen) atoms. The molecule has 1 N–H and O–H groups in total. The van der Waals surface area contributed by atoms with E-state index in [-0.39, 0.29) is 0 Å². The number of hydrogen-bond acceptors (Lipinski definition) is 4. The number of nitrogens with zero attached hydrogens (tertiary/aromatic N) is 3. The highest BCUT2D eigenvalue weighted by Crippen LogP contribution is 2.33. The van der Waals surface area contributed by atoms with E-state index in [0.29, 0.717) is 18.0 Å². The molecule has 3 heterocycles. The Labute approximate surface area is 142 Å². The van der Waals surface area contributed by atoms with Crippen LogP contribution in [0.4, 0.5) is 5.69 Å². The van der Waals surface area contributed by atoms with Gasteiger partial charge < -0.3 is 4.90 Å². The average Bonchev–Trinajstić information content (AvgIpc) is 3.30. The molecular formula is C17H22N4O2S. The van der Waals surface area contributed by atoms with Crippen molar-refractivity contribution in [2.75, 3.05) is 24.5 Å². The van der Waals surface area contributed by atoms with E-state index in [0.717, 1.165) is 49.3 Å². The van der Waals surface area contributed by atoms with Crippen molar-refractivity contribution >= 4 is 15.7 Å². The van der Waals surface area contributed by atoms with E-state index in [4.69, 9.17) is 0 Å². The van der Waals surface area contributed by atoms with Gasteiger partial charge in [-0.15, -0.1) is 0 Å². The van der Waals surface area contributed by atoms with Crippen LogP contribution in [0.2, 0.25) is 0 Å². The van der Waals surface area contributed by atoms with Gasteiger partial charge in [0.05, 0.1) is 11.1 Å². The Morgan fingerprint density at radius 3 is 2.71 bits per heavy atom. The molecule has 4 rings (SSSR count). The largest absolute Gasteiger partial charge is 0.366 e. The lowest BCUT2D eigenvalue weighted by atomic mass is 10.2. The van der Waals surface area contributed by atoms with Crippen LogP contribution in [0.1, 0.15) is 29.7 Å². The number of H-pyrrole nitrogens is 1. The number of benzene rings is 1. The molecule has 0 aliphatic carbocycles. The van der Waals surface area contributed by atoms with E-state index in [1.54, 1.807) is 10.4 Å². The monoisotopic (exact) mass is 346 g/mol. The van der Waals surface area contributed by atoms with Gasteiger partial charge in [-0.1, -0.05) is 6.07 Å². The zero-order chi connectivity index (χ0) is 16.7. The number of hydrogen-bond donors (Lipinski definition) is 1. The van der Waals surface area contributed by atoms with Gasteiger partial charge >= 0.3 is 0 Å². The predicted molar refractivity (Wildman–Crippen MR) is 92.5 cm³/mol. The summed E-state index contributed by atoms with van der Waals surface area (Å²) in [5, 5.41) is 7.03. The molecule has 0 bridgehead atoms. The topological polar surface area (TPSA) is 69.3 Å². The van der Waals surface area contributed by atoms with Gasteiger partial charge in [-0.05, 0) is 43.9 Å². The Kier molecular flexibility index (Phi) is 3.85. The van der Waals surface area contributed by atoms with Crippen molar-refractivity contribution in [3.05, 3.63) is 41.2 Å². The molecule has 1 aromatic heterocycles. The minimum Gasteiger partial charge on any atom is -0.366 e. The summed E-state index contributed by atoms with van der Waals surface area (Å²) in [4.78, 5) is 2.66. The smallest absolute Gasteiger partial charge is 0.243 e. The van der Waals surface area contributed by atoms with Crippen molar-refractivity contribution in [1.29, 1.82) is 0 Å². The molecule has 0 saturated carbocycles. The number of aromatic nitrogens is 2. The van der Waals surface area contributed by atoms with Crippen LogP contribution < -0.4 is 4.90 Å². The van der Waals surface area contributed by atoms with E-state index in [1.807, 2.05) is 25.3 Å². The van der Waals surface area contributed by atoms with Crippen LogP contribution in [0, 0.1) is 6.92 Å². The average molecular weight is 346 g/mol. The van der Waals surface area contributed by atoms with Crippen LogP contribution in [-0.2, 0) is 23.0 Å². The summed E-state index contributed by atoms with van der Waals surface area (Å²) < 4.78 is 27.2. The quantitative estimate of drug-likeness (QED) is 0.920. The van der Waals surface area contributed by atoms with Crippen LogP contribution >= 0.6 is 0 Å². The molecule has 0 unspecified atom stereocenters. The summed E-state index contributed by atoms with van der Waals surface area (Å²) in [6.07, 6.45) is 4.71. The molecule has 128 valence electrons. The number of nitrogens with one attached hydrogen (secondary N) is 1. The highest BCUT2D eigenvalue weighted by molar-refractivity contribution is 7.89. The maximum absolute atomic E-state index is 12.8. The maximum atomic E-state index is 12.8. The molecule has 7 heteroatoms. The lowest BCUT2D eigenvalue weighted by Crippen LogP contribution is -2.28. The van der Waals surface area contributed by atoms with Crippen LogP contribution in [0.3, 0.4) is 0 Å². The van der Waals surface area contributed by atoms with Gasteiger partial charge in [0.2, 0.25) is 10.0 Å². The van der Waals surface area contributed by atoms with Crippen LogP contribution in [0.15, 0.2) is 29.3 Å². The van der Waals surface area contributed by atoms with E-state index in [2.05, 4.69) is 15.1 Å². The molecule has 1 saturated heterocycles. The third-order valence-electron chi connectivity index (χ3n) is 5.05. The fourth-order valence-electron chi connectivity index (χ4n) is 3.57. The van der Waals surface area contributed by atoms with E-state index < -0.39 is 10.0 Å². The zero-order valence-corrected chi connectivity index (χ0v) is 14.6. The van der Waals surface area contributed by atoms with Gasteiger partial charge in [-0.25, -0.2) is 8.42 Å². The number of anilines is 1. The van der Waals surface area contributed by atoms with Crippen LogP contribution in [0.5, 0.6) is 0 Å². The molecule has 2 aromatic rings. The first kappa shape index (κ1) is 15.7. The molecule has 2 aliphatic heterocycles. The van der Waals surface area contributed by atoms with Crippen molar-refractivity contribution in [3.63, 3.8) is 0 Å². The normalized spacial score (nSPS) is 18.3. The van der Waals surface area contributed by atoms with Gasteiger partial charge in [-0.2, -0.15) is 9.40 Å². The number of aryl methyl sites for hydroxylation is 1. The zero-order valence-electron chi connectivity index (χ0n) is 13.8. The number of rotatable bonds is 4. The highest BCUT2D eigenvalue weighted by Gasteiger charge is 2.29. The Morgan fingerprint density at radius 2 is 2.00 bits per heavy atom. The fraction of sp³-hybridized carbons (Fsp3) is 0.471. The molecule has 1 fully saturated rings. The van der Waals surface area contributed by atoms with Gasteiger partial charge in [-0.3, -0.25) is 5.10 Å². The Hall–Kier alpha value is -1.86. The van der Waals surface area contributed by atoms with Gasteiger partial charge in [0.15, 0.2) is 0 Å². The number of aromatic amines is 1. The second-order valence-corrected chi connectivity index (χ2v) is 8.53. The highest BCUT2D eigenvalue weighted by atomic mass is 32.2. The summed E-state index contributed by atoms with van der Waals surface area (Å²) in [5.74, 6) is 0. The van der Waals surface area contributed by atoms with E-state index in [1.165, 1.54) is 5.56 Å². The summed E-state index contributed by atoms with van der Waals surface area (Å²) in [6.45, 7) is 4.94. The number of sulfonamides is 1. The first-order valence-corrected chi connectivity index (χ1v) is 9.86. The summed E-state index contributed by atoms with van der Waals surface area (Å²) in [7, 11) is -3.37.